The third-order valence-corrected chi connectivity index (χ3v) is 5.42. The summed E-state index contributed by atoms with van der Waals surface area (Å²) in [5.41, 5.74) is 5.90. The lowest BCUT2D eigenvalue weighted by Gasteiger charge is -2.19. The minimum atomic E-state index is -1.28. The number of nitrogens with two attached hydrogens (primary N) is 1. The molecule has 13 heteroatoms. The molecule has 2 aromatic rings. The molecule has 0 saturated carbocycles. The Bertz CT molecular complexity index is 992. The maximum atomic E-state index is 12.4. The molecule has 168 valence electrons. The molecule has 0 aliphatic carbocycles. The second-order valence-corrected chi connectivity index (χ2v) is 7.57. The minimum Gasteiger partial charge on any atom is -0.504 e. The van der Waals surface area contributed by atoms with Crippen molar-refractivity contribution in [1.29, 1.82) is 0 Å². The maximum absolute atomic E-state index is 12.4. The Balaban J connectivity index is 2.13. The monoisotopic (exact) mass is 454 g/mol. The summed E-state index contributed by atoms with van der Waals surface area (Å²) in [6.45, 7) is -0.667. The van der Waals surface area contributed by atoms with Gasteiger partial charge in [0.2, 0.25) is 11.8 Å². The summed E-state index contributed by atoms with van der Waals surface area (Å²) < 4.78 is 0. The quantitative estimate of drug-likeness (QED) is 0.162. The second kappa shape index (κ2) is 10.5. The van der Waals surface area contributed by atoms with E-state index < -0.39 is 48.1 Å². The highest BCUT2D eigenvalue weighted by atomic mass is 32.2. The molecule has 1 aromatic carbocycles. The lowest BCUT2D eigenvalue weighted by atomic mass is 10.1. The van der Waals surface area contributed by atoms with E-state index in [9.17, 15) is 29.4 Å². The molecular weight excluding hydrogens is 432 g/mol. The van der Waals surface area contributed by atoms with Crippen molar-refractivity contribution in [1.82, 2.24) is 15.6 Å². The van der Waals surface area contributed by atoms with Crippen LogP contribution in [0.25, 0.3) is 10.9 Å². The summed E-state index contributed by atoms with van der Waals surface area (Å²) in [5.74, 6) is -4.88. The van der Waals surface area contributed by atoms with Gasteiger partial charge >= 0.3 is 11.9 Å². The third kappa shape index (κ3) is 6.52. The fraction of sp³-hybridized carbons (Fsp3) is 0.333. The molecular formula is C18H22N4O8S. The second-order valence-electron chi connectivity index (χ2n) is 6.54. The molecule has 0 saturated heterocycles. The number of carboxylic acid groups (broad SMARTS) is 2. The fourth-order valence-corrected chi connectivity index (χ4v) is 3.75. The first-order chi connectivity index (χ1) is 14.6. The number of phenolic OH excluding ortho intramolecular Hbond substituents is 2. The first kappa shape index (κ1) is 23.8. The average Bonchev–Trinajstić information content (AvgIpc) is 3.17. The van der Waals surface area contributed by atoms with E-state index >= 15 is 0 Å². The number of carbonyl (C=O) groups is 4. The molecule has 12 nitrogen and oxygen atoms in total. The SMILES string of the molecule is NC(CCC(=O)NC(CSc1c(O)c(O)cc2[nH]ccc12)C(=O)NCC(=O)O)C(=O)O. The Kier molecular flexibility index (Phi) is 8.10. The van der Waals surface area contributed by atoms with Crippen molar-refractivity contribution < 1.29 is 39.6 Å². The van der Waals surface area contributed by atoms with E-state index in [0.29, 0.717) is 10.9 Å². The summed E-state index contributed by atoms with van der Waals surface area (Å²) in [4.78, 5) is 49.2. The predicted octanol–water partition coefficient (Wildman–Crippen LogP) is -0.451. The van der Waals surface area contributed by atoms with Gasteiger partial charge in [-0.05, 0) is 12.5 Å². The number of H-pyrrole nitrogens is 1. The Morgan fingerprint density at radius 1 is 1.19 bits per heavy atom. The first-order valence-electron chi connectivity index (χ1n) is 9.02. The average molecular weight is 454 g/mol. The van der Waals surface area contributed by atoms with Crippen molar-refractivity contribution in [3.8, 4) is 11.5 Å². The number of rotatable bonds is 11. The standard InChI is InChI=1S/C18H22N4O8S/c19-9(18(29)30)1-2-13(24)22-11(17(28)21-6-14(25)26)7-31-16-8-3-4-20-10(8)5-12(23)15(16)27/h3-5,9,11,20,23,27H,1-2,6-7,19H2,(H,21,28)(H,22,24)(H,25,26)(H,29,30). The molecule has 2 unspecified atom stereocenters. The van der Waals surface area contributed by atoms with Crippen LogP contribution in [0.4, 0.5) is 0 Å². The number of aromatic amines is 1. The number of amides is 2. The molecule has 2 atom stereocenters. The topological polar surface area (TPSA) is 215 Å². The van der Waals surface area contributed by atoms with E-state index in [1.807, 2.05) is 0 Å². The van der Waals surface area contributed by atoms with Crippen molar-refractivity contribution in [2.45, 2.75) is 29.8 Å². The lowest BCUT2D eigenvalue weighted by molar-refractivity contribution is -0.139. The summed E-state index contributed by atoms with van der Waals surface area (Å²) in [7, 11) is 0. The third-order valence-electron chi connectivity index (χ3n) is 4.22. The van der Waals surface area contributed by atoms with Gasteiger partial charge in [0.1, 0.15) is 18.6 Å². The molecule has 31 heavy (non-hydrogen) atoms. The molecule has 0 aliphatic rings. The van der Waals surface area contributed by atoms with Crippen LogP contribution in [0.15, 0.2) is 23.2 Å². The normalized spacial score (nSPS) is 12.8. The molecule has 2 rings (SSSR count). The minimum absolute atomic E-state index is 0.112. The van der Waals surface area contributed by atoms with E-state index in [4.69, 9.17) is 15.9 Å². The first-order valence-corrected chi connectivity index (χ1v) is 10.0. The summed E-state index contributed by atoms with van der Waals surface area (Å²) in [6, 6.07) is 0.542. The largest absolute Gasteiger partial charge is 0.504 e. The number of carboxylic acids is 2. The Labute approximate surface area is 179 Å². The van der Waals surface area contributed by atoms with Crippen LogP contribution in [-0.4, -0.2) is 73.5 Å². The van der Waals surface area contributed by atoms with Crippen LogP contribution in [0.3, 0.4) is 0 Å². The van der Waals surface area contributed by atoms with Crippen LogP contribution in [0.1, 0.15) is 12.8 Å². The molecule has 0 spiro atoms. The highest BCUT2D eigenvalue weighted by Gasteiger charge is 2.24. The zero-order chi connectivity index (χ0) is 23.1. The van der Waals surface area contributed by atoms with Gasteiger partial charge in [0.25, 0.3) is 0 Å². The zero-order valence-corrected chi connectivity index (χ0v) is 16.9. The number of benzene rings is 1. The predicted molar refractivity (Wildman–Crippen MR) is 110 cm³/mol. The van der Waals surface area contributed by atoms with Crippen LogP contribution < -0.4 is 16.4 Å². The van der Waals surface area contributed by atoms with Gasteiger partial charge in [-0.2, -0.15) is 0 Å². The van der Waals surface area contributed by atoms with Crippen LogP contribution in [0.2, 0.25) is 0 Å². The van der Waals surface area contributed by atoms with Crippen LogP contribution >= 0.6 is 11.8 Å². The zero-order valence-electron chi connectivity index (χ0n) is 16.1. The number of aromatic nitrogens is 1. The van der Waals surface area contributed by atoms with Gasteiger partial charge in [-0.15, -0.1) is 11.8 Å². The molecule has 0 bridgehead atoms. The number of aliphatic carboxylic acids is 2. The van der Waals surface area contributed by atoms with Crippen molar-refractivity contribution in [3.05, 3.63) is 18.3 Å². The molecule has 0 aliphatic heterocycles. The van der Waals surface area contributed by atoms with Gasteiger partial charge < -0.3 is 41.8 Å². The van der Waals surface area contributed by atoms with Gasteiger partial charge in [0.15, 0.2) is 11.5 Å². The van der Waals surface area contributed by atoms with Gasteiger partial charge in [-0.3, -0.25) is 19.2 Å². The number of thioether (sulfide) groups is 1. The number of fused-ring (bicyclic) bond motifs is 1. The summed E-state index contributed by atoms with van der Waals surface area (Å²) in [6.07, 6.45) is 1.17. The molecule has 2 amide bonds. The maximum Gasteiger partial charge on any atom is 0.322 e. The molecule has 0 radical (unpaired) electrons. The Hall–Kier alpha value is -3.45. The number of phenols is 2. The number of hydrogen-bond donors (Lipinski definition) is 8. The van der Waals surface area contributed by atoms with E-state index in [2.05, 4.69) is 15.6 Å². The highest BCUT2D eigenvalue weighted by molar-refractivity contribution is 7.99. The van der Waals surface area contributed by atoms with E-state index in [1.54, 1.807) is 12.3 Å². The molecule has 9 N–H and O–H groups in total. The molecule has 1 aromatic heterocycles. The Morgan fingerprint density at radius 2 is 1.90 bits per heavy atom. The lowest BCUT2D eigenvalue weighted by Crippen LogP contribution is -2.49. The van der Waals surface area contributed by atoms with E-state index in [-0.39, 0.29) is 29.2 Å². The van der Waals surface area contributed by atoms with Crippen molar-refractivity contribution in [2.24, 2.45) is 5.73 Å². The summed E-state index contributed by atoms with van der Waals surface area (Å²) in [5, 5.41) is 42.8. The van der Waals surface area contributed by atoms with Gasteiger partial charge in [-0.25, -0.2) is 0 Å². The van der Waals surface area contributed by atoms with Crippen LogP contribution in [0, 0.1) is 0 Å². The number of hydrogen-bond acceptors (Lipinski definition) is 8. The smallest absolute Gasteiger partial charge is 0.322 e. The van der Waals surface area contributed by atoms with Crippen LogP contribution in [0.5, 0.6) is 11.5 Å². The van der Waals surface area contributed by atoms with Gasteiger partial charge in [0, 0.05) is 29.8 Å². The summed E-state index contributed by atoms with van der Waals surface area (Å²) >= 11 is 0.966. The van der Waals surface area contributed by atoms with Crippen molar-refractivity contribution in [2.75, 3.05) is 12.3 Å². The molecule has 1 heterocycles. The van der Waals surface area contributed by atoms with Crippen LogP contribution in [-0.2, 0) is 19.2 Å². The highest BCUT2D eigenvalue weighted by Crippen LogP contribution is 2.41. The number of aromatic hydroxyl groups is 2. The fourth-order valence-electron chi connectivity index (χ4n) is 2.61. The van der Waals surface area contributed by atoms with Crippen molar-refractivity contribution >= 4 is 46.4 Å². The number of nitrogens with one attached hydrogen (secondary N) is 3. The van der Waals surface area contributed by atoms with Gasteiger partial charge in [-0.1, -0.05) is 0 Å². The van der Waals surface area contributed by atoms with Gasteiger partial charge in [0.05, 0.1) is 10.4 Å². The molecule has 0 fully saturated rings. The number of carbonyl (C=O) groups excluding carboxylic acids is 2. The van der Waals surface area contributed by atoms with Crippen molar-refractivity contribution in [3.63, 3.8) is 0 Å². The van der Waals surface area contributed by atoms with E-state index in [1.165, 1.54) is 6.07 Å². The Morgan fingerprint density at radius 3 is 2.55 bits per heavy atom. The van der Waals surface area contributed by atoms with E-state index in [0.717, 1.165) is 11.8 Å².